The minimum Gasteiger partial charge on any atom is -0.322 e. The summed E-state index contributed by atoms with van der Waals surface area (Å²) in [5.41, 5.74) is 2.98. The Balaban J connectivity index is 2.74. The molecular weight excluding hydrogens is 274 g/mol. The summed E-state index contributed by atoms with van der Waals surface area (Å²) in [6, 6.07) is 5.13. The zero-order chi connectivity index (χ0) is 15.1. The third-order valence-corrected chi connectivity index (χ3v) is 2.81. The van der Waals surface area contributed by atoms with Gasteiger partial charge in [-0.1, -0.05) is 12.1 Å². The molecule has 0 saturated carbocycles. The Morgan fingerprint density at radius 3 is 2.25 bits per heavy atom. The van der Waals surface area contributed by atoms with Crippen molar-refractivity contribution in [3.8, 4) is 5.69 Å². The summed E-state index contributed by atoms with van der Waals surface area (Å²) in [6.07, 6.45) is -3.67. The van der Waals surface area contributed by atoms with Gasteiger partial charge in [-0.15, -0.1) is 0 Å². The number of nitrogens with two attached hydrogens (primary N) is 1. The average Bonchev–Trinajstić information content (AvgIpc) is 2.73. The van der Waals surface area contributed by atoms with Crippen molar-refractivity contribution in [2.75, 3.05) is 0 Å². The van der Waals surface area contributed by atoms with Crippen LogP contribution >= 0.6 is 0 Å². The molecule has 2 rings (SSSR count). The SMILES string of the molecule is CC(C)(N)c1cnn(-c2ccccc2F)c1C(F)(F)F. The van der Waals surface area contributed by atoms with Crippen molar-refractivity contribution in [3.63, 3.8) is 0 Å². The number of nitrogens with zero attached hydrogens (tertiary/aromatic N) is 2. The maximum Gasteiger partial charge on any atom is 0.433 e. The standard InChI is InChI=1S/C13H13F4N3/c1-12(2,18)8-7-19-20(11(8)13(15,16)17)10-6-4-3-5-9(10)14/h3-7H,18H2,1-2H3. The van der Waals surface area contributed by atoms with E-state index in [1.165, 1.54) is 32.0 Å². The molecule has 1 aromatic heterocycles. The fourth-order valence-electron chi connectivity index (χ4n) is 1.90. The van der Waals surface area contributed by atoms with E-state index in [1.54, 1.807) is 0 Å². The highest BCUT2D eigenvalue weighted by Gasteiger charge is 2.41. The molecule has 0 spiro atoms. The van der Waals surface area contributed by atoms with Crippen LogP contribution < -0.4 is 5.73 Å². The van der Waals surface area contributed by atoms with Gasteiger partial charge in [0.1, 0.15) is 11.5 Å². The summed E-state index contributed by atoms with van der Waals surface area (Å²) in [6.45, 7) is 2.87. The molecule has 0 atom stereocenters. The van der Waals surface area contributed by atoms with Crippen LogP contribution in [-0.4, -0.2) is 9.78 Å². The molecule has 3 nitrogen and oxygen atoms in total. The minimum absolute atomic E-state index is 0.187. The summed E-state index contributed by atoms with van der Waals surface area (Å²) in [4.78, 5) is 0. The first-order valence-electron chi connectivity index (χ1n) is 5.82. The van der Waals surface area contributed by atoms with E-state index in [9.17, 15) is 17.6 Å². The van der Waals surface area contributed by atoms with Crippen LogP contribution in [-0.2, 0) is 11.7 Å². The van der Waals surface area contributed by atoms with Crippen molar-refractivity contribution < 1.29 is 17.6 Å². The van der Waals surface area contributed by atoms with Crippen LogP contribution in [0, 0.1) is 5.82 Å². The number of alkyl halides is 3. The summed E-state index contributed by atoms with van der Waals surface area (Å²) in [5, 5.41) is 3.66. The number of hydrogen-bond donors (Lipinski definition) is 1. The molecule has 7 heteroatoms. The van der Waals surface area contributed by atoms with E-state index in [4.69, 9.17) is 5.73 Å². The molecule has 0 aliphatic heterocycles. The van der Waals surface area contributed by atoms with Crippen LogP contribution in [0.15, 0.2) is 30.5 Å². The first-order chi connectivity index (χ1) is 9.12. The third-order valence-electron chi connectivity index (χ3n) is 2.81. The number of aromatic nitrogens is 2. The van der Waals surface area contributed by atoms with Gasteiger partial charge in [-0.05, 0) is 26.0 Å². The van der Waals surface area contributed by atoms with Crippen molar-refractivity contribution in [3.05, 3.63) is 47.5 Å². The van der Waals surface area contributed by atoms with Crippen LogP contribution in [0.25, 0.3) is 5.69 Å². The van der Waals surface area contributed by atoms with Gasteiger partial charge in [0.25, 0.3) is 0 Å². The lowest BCUT2D eigenvalue weighted by Crippen LogP contribution is -2.31. The van der Waals surface area contributed by atoms with Crippen molar-refractivity contribution in [1.29, 1.82) is 0 Å². The molecule has 0 bridgehead atoms. The summed E-state index contributed by atoms with van der Waals surface area (Å²) in [5.74, 6) is -0.789. The van der Waals surface area contributed by atoms with Crippen LogP contribution in [0.5, 0.6) is 0 Å². The Morgan fingerprint density at radius 2 is 1.75 bits per heavy atom. The number of para-hydroxylation sites is 1. The Kier molecular flexibility index (Phi) is 3.33. The maximum absolute atomic E-state index is 13.7. The number of rotatable bonds is 2. The zero-order valence-electron chi connectivity index (χ0n) is 10.9. The summed E-state index contributed by atoms with van der Waals surface area (Å²) < 4.78 is 54.0. The van der Waals surface area contributed by atoms with Crippen molar-refractivity contribution in [2.45, 2.75) is 25.6 Å². The molecule has 108 valence electrons. The second kappa shape index (κ2) is 4.59. The molecule has 1 aromatic carbocycles. The monoisotopic (exact) mass is 287 g/mol. The van der Waals surface area contributed by atoms with Gasteiger partial charge in [0.05, 0.1) is 6.20 Å². The van der Waals surface area contributed by atoms with Gasteiger partial charge in [-0.3, -0.25) is 0 Å². The van der Waals surface area contributed by atoms with E-state index in [1.807, 2.05) is 0 Å². The molecule has 2 N–H and O–H groups in total. The Morgan fingerprint density at radius 1 is 1.15 bits per heavy atom. The van der Waals surface area contributed by atoms with Gasteiger partial charge in [-0.2, -0.15) is 18.3 Å². The molecule has 0 amide bonds. The van der Waals surface area contributed by atoms with E-state index in [2.05, 4.69) is 5.10 Å². The van der Waals surface area contributed by atoms with Crippen LogP contribution in [0.2, 0.25) is 0 Å². The van der Waals surface area contributed by atoms with Gasteiger partial charge in [0.2, 0.25) is 0 Å². The first kappa shape index (κ1) is 14.5. The van der Waals surface area contributed by atoms with E-state index in [0.717, 1.165) is 12.3 Å². The predicted molar refractivity (Wildman–Crippen MR) is 65.7 cm³/mol. The Labute approximate surface area is 113 Å². The van der Waals surface area contributed by atoms with E-state index >= 15 is 0 Å². The van der Waals surface area contributed by atoms with Gasteiger partial charge in [0, 0.05) is 11.1 Å². The van der Waals surface area contributed by atoms with Gasteiger partial charge >= 0.3 is 6.18 Å². The predicted octanol–water partition coefficient (Wildman–Crippen LogP) is 3.22. The second-order valence-corrected chi connectivity index (χ2v) is 4.99. The highest BCUT2D eigenvalue weighted by molar-refractivity contribution is 5.39. The van der Waals surface area contributed by atoms with Gasteiger partial charge < -0.3 is 5.73 Å². The van der Waals surface area contributed by atoms with Crippen molar-refractivity contribution in [1.82, 2.24) is 9.78 Å². The quantitative estimate of drug-likeness (QED) is 0.862. The smallest absolute Gasteiger partial charge is 0.322 e. The highest BCUT2D eigenvalue weighted by atomic mass is 19.4. The molecule has 0 saturated heterocycles. The third kappa shape index (κ3) is 2.53. The lowest BCUT2D eigenvalue weighted by atomic mass is 9.96. The summed E-state index contributed by atoms with van der Waals surface area (Å²) >= 11 is 0. The summed E-state index contributed by atoms with van der Waals surface area (Å²) in [7, 11) is 0. The second-order valence-electron chi connectivity index (χ2n) is 4.99. The molecule has 0 aliphatic rings. The normalized spacial score (nSPS) is 12.8. The van der Waals surface area contributed by atoms with Crippen LogP contribution in [0.4, 0.5) is 17.6 Å². The molecular formula is C13H13F4N3. The largest absolute Gasteiger partial charge is 0.433 e. The van der Waals surface area contributed by atoms with E-state index in [-0.39, 0.29) is 11.3 Å². The Hall–Kier alpha value is -1.89. The number of halogens is 4. The maximum atomic E-state index is 13.7. The molecule has 0 radical (unpaired) electrons. The highest BCUT2D eigenvalue weighted by Crippen LogP contribution is 2.37. The lowest BCUT2D eigenvalue weighted by molar-refractivity contribution is -0.144. The first-order valence-corrected chi connectivity index (χ1v) is 5.82. The molecule has 1 heterocycles. The van der Waals surface area contributed by atoms with Crippen LogP contribution in [0.1, 0.15) is 25.1 Å². The van der Waals surface area contributed by atoms with Crippen LogP contribution in [0.3, 0.4) is 0 Å². The lowest BCUT2D eigenvalue weighted by Gasteiger charge is -2.21. The van der Waals surface area contributed by atoms with Crippen molar-refractivity contribution >= 4 is 0 Å². The molecule has 0 fully saturated rings. The van der Waals surface area contributed by atoms with E-state index < -0.39 is 23.2 Å². The average molecular weight is 287 g/mol. The Bertz CT molecular complexity index is 623. The number of benzene rings is 1. The zero-order valence-corrected chi connectivity index (χ0v) is 10.9. The van der Waals surface area contributed by atoms with Gasteiger partial charge in [-0.25, -0.2) is 9.07 Å². The molecule has 0 aliphatic carbocycles. The molecule has 0 unspecified atom stereocenters. The minimum atomic E-state index is -4.69. The molecule has 2 aromatic rings. The number of hydrogen-bond acceptors (Lipinski definition) is 2. The fraction of sp³-hybridized carbons (Fsp3) is 0.308. The molecule has 20 heavy (non-hydrogen) atoms. The van der Waals surface area contributed by atoms with Crippen molar-refractivity contribution in [2.24, 2.45) is 5.73 Å². The van der Waals surface area contributed by atoms with E-state index in [0.29, 0.717) is 4.68 Å². The fourth-order valence-corrected chi connectivity index (χ4v) is 1.90. The topological polar surface area (TPSA) is 43.8 Å². The van der Waals surface area contributed by atoms with Gasteiger partial charge in [0.15, 0.2) is 5.69 Å².